The SMILES string of the molecule is CC(N)=C1C=C(C(=O)/C=C/c2ccccc2)C(=O)OC1=O. The van der Waals surface area contributed by atoms with Gasteiger partial charge in [-0.15, -0.1) is 0 Å². The van der Waals surface area contributed by atoms with Crippen molar-refractivity contribution in [2.75, 3.05) is 0 Å². The second-order valence-corrected chi connectivity index (χ2v) is 4.44. The van der Waals surface area contributed by atoms with Crippen LogP contribution < -0.4 is 5.73 Å². The van der Waals surface area contributed by atoms with Gasteiger partial charge in [-0.2, -0.15) is 0 Å². The maximum atomic E-state index is 12.0. The topological polar surface area (TPSA) is 86.5 Å². The lowest BCUT2D eigenvalue weighted by Crippen LogP contribution is -2.26. The molecule has 1 aromatic carbocycles. The van der Waals surface area contributed by atoms with Crippen LogP contribution in [0, 0.1) is 0 Å². The van der Waals surface area contributed by atoms with Gasteiger partial charge in [-0.3, -0.25) is 4.79 Å². The van der Waals surface area contributed by atoms with Crippen LogP contribution in [0.2, 0.25) is 0 Å². The van der Waals surface area contributed by atoms with Gasteiger partial charge in [0, 0.05) is 5.70 Å². The van der Waals surface area contributed by atoms with E-state index in [4.69, 9.17) is 5.73 Å². The second kappa shape index (κ2) is 6.00. The molecule has 0 aromatic heterocycles. The van der Waals surface area contributed by atoms with Gasteiger partial charge in [0.15, 0.2) is 5.78 Å². The Hall–Kier alpha value is -2.95. The lowest BCUT2D eigenvalue weighted by Gasteiger charge is -2.12. The summed E-state index contributed by atoms with van der Waals surface area (Å²) in [5, 5.41) is 0. The molecule has 0 amide bonds. The van der Waals surface area contributed by atoms with Gasteiger partial charge >= 0.3 is 11.9 Å². The Morgan fingerprint density at radius 2 is 1.81 bits per heavy atom. The third-order valence-electron chi connectivity index (χ3n) is 2.83. The van der Waals surface area contributed by atoms with E-state index in [2.05, 4.69) is 4.74 Å². The molecular weight excluding hydrogens is 270 g/mol. The summed E-state index contributed by atoms with van der Waals surface area (Å²) < 4.78 is 4.51. The minimum absolute atomic E-state index is 0.0195. The van der Waals surface area contributed by atoms with Crippen molar-refractivity contribution in [1.82, 2.24) is 0 Å². The maximum absolute atomic E-state index is 12.0. The number of cyclic esters (lactones) is 2. The molecule has 0 spiro atoms. The zero-order valence-corrected chi connectivity index (χ0v) is 11.3. The molecule has 0 radical (unpaired) electrons. The number of ether oxygens (including phenoxy) is 1. The molecule has 0 unspecified atom stereocenters. The molecule has 2 rings (SSSR count). The molecule has 1 aliphatic rings. The summed E-state index contributed by atoms with van der Waals surface area (Å²) in [4.78, 5) is 35.1. The first-order valence-corrected chi connectivity index (χ1v) is 6.21. The molecule has 21 heavy (non-hydrogen) atoms. The van der Waals surface area contributed by atoms with Gasteiger partial charge in [0.05, 0.1) is 5.57 Å². The zero-order valence-electron chi connectivity index (χ0n) is 11.3. The van der Waals surface area contributed by atoms with Gasteiger partial charge in [0.2, 0.25) is 0 Å². The smallest absolute Gasteiger partial charge is 0.350 e. The summed E-state index contributed by atoms with van der Waals surface area (Å²) in [5.74, 6) is -2.36. The Labute approximate surface area is 121 Å². The molecule has 5 nitrogen and oxygen atoms in total. The predicted molar refractivity (Wildman–Crippen MR) is 76.6 cm³/mol. The van der Waals surface area contributed by atoms with Crippen molar-refractivity contribution in [2.24, 2.45) is 5.73 Å². The Balaban J connectivity index is 2.28. The number of benzene rings is 1. The maximum Gasteiger partial charge on any atom is 0.350 e. The van der Waals surface area contributed by atoms with Crippen molar-refractivity contribution < 1.29 is 19.1 Å². The number of carbonyl (C=O) groups is 3. The predicted octanol–water partition coefficient (Wildman–Crippen LogP) is 1.51. The second-order valence-electron chi connectivity index (χ2n) is 4.44. The Kier molecular flexibility index (Phi) is 4.13. The number of esters is 2. The fourth-order valence-electron chi connectivity index (χ4n) is 1.73. The van der Waals surface area contributed by atoms with Gasteiger partial charge in [0.1, 0.15) is 5.57 Å². The van der Waals surface area contributed by atoms with Gasteiger partial charge < -0.3 is 10.5 Å². The molecule has 0 bridgehead atoms. The van der Waals surface area contributed by atoms with E-state index in [9.17, 15) is 14.4 Å². The zero-order chi connectivity index (χ0) is 15.4. The fraction of sp³-hybridized carbons (Fsp3) is 0.0625. The highest BCUT2D eigenvalue weighted by Crippen LogP contribution is 2.17. The molecule has 106 valence electrons. The van der Waals surface area contributed by atoms with Crippen LogP contribution in [0.15, 0.2) is 59.3 Å². The van der Waals surface area contributed by atoms with Gasteiger partial charge in [-0.05, 0) is 24.6 Å². The third-order valence-corrected chi connectivity index (χ3v) is 2.83. The minimum Gasteiger partial charge on any atom is -0.402 e. The molecule has 0 aliphatic carbocycles. The van der Waals surface area contributed by atoms with Gasteiger partial charge in [-0.25, -0.2) is 9.59 Å². The standard InChI is InChI=1S/C16H13NO4/c1-10(17)12-9-13(16(20)21-15(12)19)14(18)8-7-11-5-3-2-4-6-11/h2-9H,17H2,1H3/b8-7+,12-10?. The van der Waals surface area contributed by atoms with Crippen molar-refractivity contribution in [3.63, 3.8) is 0 Å². The van der Waals surface area contributed by atoms with Crippen molar-refractivity contribution in [3.8, 4) is 0 Å². The summed E-state index contributed by atoms with van der Waals surface area (Å²) in [5.41, 5.74) is 6.32. The molecule has 1 aliphatic heterocycles. The number of allylic oxidation sites excluding steroid dienone is 2. The molecule has 1 heterocycles. The molecule has 2 N–H and O–H groups in total. The largest absolute Gasteiger partial charge is 0.402 e. The highest BCUT2D eigenvalue weighted by molar-refractivity contribution is 6.27. The summed E-state index contributed by atoms with van der Waals surface area (Å²) in [6, 6.07) is 9.14. The van der Waals surface area contributed by atoms with Crippen molar-refractivity contribution >= 4 is 23.8 Å². The molecular formula is C16H13NO4. The van der Waals surface area contributed by atoms with Crippen LogP contribution >= 0.6 is 0 Å². The number of hydrogen-bond acceptors (Lipinski definition) is 5. The average Bonchev–Trinajstić information content (AvgIpc) is 2.45. The number of hydrogen-bond donors (Lipinski definition) is 1. The van der Waals surface area contributed by atoms with Gasteiger partial charge in [0.25, 0.3) is 0 Å². The van der Waals surface area contributed by atoms with E-state index in [1.807, 2.05) is 30.3 Å². The van der Waals surface area contributed by atoms with Crippen molar-refractivity contribution in [2.45, 2.75) is 6.92 Å². The van der Waals surface area contributed by atoms with E-state index < -0.39 is 17.7 Å². The van der Waals surface area contributed by atoms with Crippen LogP contribution in [0.1, 0.15) is 12.5 Å². The van der Waals surface area contributed by atoms with Crippen LogP contribution in [0.5, 0.6) is 0 Å². The van der Waals surface area contributed by atoms with Crippen LogP contribution in [0.4, 0.5) is 0 Å². The van der Waals surface area contributed by atoms with Crippen molar-refractivity contribution in [1.29, 1.82) is 0 Å². The number of nitrogens with two attached hydrogens (primary N) is 1. The first-order valence-electron chi connectivity index (χ1n) is 6.21. The van der Waals surface area contributed by atoms with Crippen LogP contribution in [-0.4, -0.2) is 17.7 Å². The van der Waals surface area contributed by atoms with E-state index in [-0.39, 0.29) is 16.8 Å². The fourth-order valence-corrected chi connectivity index (χ4v) is 1.73. The lowest BCUT2D eigenvalue weighted by atomic mass is 10.0. The van der Waals surface area contributed by atoms with Crippen LogP contribution in [0.25, 0.3) is 6.08 Å². The van der Waals surface area contributed by atoms with E-state index >= 15 is 0 Å². The minimum atomic E-state index is -0.965. The van der Waals surface area contributed by atoms with E-state index in [1.165, 1.54) is 19.1 Å². The first-order chi connectivity index (χ1) is 9.99. The average molecular weight is 283 g/mol. The summed E-state index contributed by atoms with van der Waals surface area (Å²) >= 11 is 0. The van der Waals surface area contributed by atoms with E-state index in [1.54, 1.807) is 6.08 Å². The molecule has 0 fully saturated rings. The van der Waals surface area contributed by atoms with Crippen LogP contribution in [0.3, 0.4) is 0 Å². The summed E-state index contributed by atoms with van der Waals surface area (Å²) in [6.07, 6.45) is 3.99. The Morgan fingerprint density at radius 1 is 1.14 bits per heavy atom. The van der Waals surface area contributed by atoms with Crippen LogP contribution in [-0.2, 0) is 19.1 Å². The summed E-state index contributed by atoms with van der Waals surface area (Å²) in [7, 11) is 0. The van der Waals surface area contributed by atoms with Crippen molar-refractivity contribution in [3.05, 3.63) is 64.9 Å². The third kappa shape index (κ3) is 3.33. The molecule has 0 saturated heterocycles. The number of ketones is 1. The lowest BCUT2D eigenvalue weighted by molar-refractivity contribution is -0.154. The van der Waals surface area contributed by atoms with E-state index in [0.717, 1.165) is 5.56 Å². The highest BCUT2D eigenvalue weighted by Gasteiger charge is 2.29. The molecule has 5 heteroatoms. The Bertz CT molecular complexity index is 692. The normalized spacial score (nSPS) is 17.5. The van der Waals surface area contributed by atoms with Gasteiger partial charge in [-0.1, -0.05) is 36.4 Å². The molecule has 0 atom stereocenters. The quantitative estimate of drug-likeness (QED) is 0.393. The molecule has 0 saturated carbocycles. The number of carbonyl (C=O) groups excluding carboxylic acids is 3. The highest BCUT2D eigenvalue weighted by atomic mass is 16.6. The van der Waals surface area contributed by atoms with E-state index in [0.29, 0.717) is 0 Å². The Morgan fingerprint density at radius 3 is 2.43 bits per heavy atom. The summed E-state index contributed by atoms with van der Waals surface area (Å²) in [6.45, 7) is 1.49. The molecule has 1 aromatic rings. The monoisotopic (exact) mass is 283 g/mol. The number of rotatable bonds is 3. The first kappa shape index (κ1) is 14.5.